The first-order chi connectivity index (χ1) is 19.9. The first kappa shape index (κ1) is 29.0. The van der Waals surface area contributed by atoms with Crippen molar-refractivity contribution in [2.75, 3.05) is 14.2 Å². The maximum absolute atomic E-state index is 14.9. The summed E-state index contributed by atoms with van der Waals surface area (Å²) in [6.07, 6.45) is 1.17. The number of methoxy groups -OCH3 is 2. The number of phenols is 1. The summed E-state index contributed by atoms with van der Waals surface area (Å²) in [5, 5.41) is 31.3. The fourth-order valence-corrected chi connectivity index (χ4v) is 6.05. The largest absolute Gasteiger partial charge is 0.507 e. The second-order valence-corrected chi connectivity index (χ2v) is 11.8. The zero-order valence-electron chi connectivity index (χ0n) is 23.7. The minimum atomic E-state index is -1.16. The van der Waals surface area contributed by atoms with E-state index in [0.717, 1.165) is 16.1 Å². The van der Waals surface area contributed by atoms with Crippen LogP contribution in [0, 0.1) is 18.6 Å². The monoisotopic (exact) mass is 593 g/mol. The molecule has 218 valence electrons. The van der Waals surface area contributed by atoms with E-state index in [4.69, 9.17) is 9.47 Å². The van der Waals surface area contributed by atoms with E-state index in [1.54, 1.807) is 22.8 Å². The van der Waals surface area contributed by atoms with Gasteiger partial charge in [-0.05, 0) is 49.2 Å². The second kappa shape index (κ2) is 11.1. The minimum absolute atomic E-state index is 0.00269. The fraction of sp³-hybridized carbons (Fsp3) is 0.258. The van der Waals surface area contributed by atoms with E-state index in [0.29, 0.717) is 46.3 Å². The van der Waals surface area contributed by atoms with Gasteiger partial charge in [-0.1, -0.05) is 19.9 Å². The number of aromatic carboxylic acids is 1. The maximum atomic E-state index is 14.9. The summed E-state index contributed by atoms with van der Waals surface area (Å²) in [5.74, 6) is -2.56. The van der Waals surface area contributed by atoms with Crippen molar-refractivity contribution in [3.8, 4) is 34.1 Å². The van der Waals surface area contributed by atoms with Crippen LogP contribution < -0.4 is 9.47 Å². The molecule has 0 radical (unpaired) electrons. The van der Waals surface area contributed by atoms with Crippen LogP contribution in [0.3, 0.4) is 0 Å². The zero-order chi connectivity index (χ0) is 30.3. The molecule has 42 heavy (non-hydrogen) atoms. The number of hydrogen-bond acceptors (Lipinski definition) is 7. The van der Waals surface area contributed by atoms with Crippen LogP contribution in [0.1, 0.15) is 46.3 Å². The molecule has 0 bridgehead atoms. The molecule has 5 rings (SSSR count). The highest BCUT2D eigenvalue weighted by Crippen LogP contribution is 2.48. The number of nitrogens with zero attached hydrogens (tertiary/aromatic N) is 3. The molecule has 0 aliphatic heterocycles. The number of phenolic OH excluding ortho intramolecular Hbond substituents is 1. The van der Waals surface area contributed by atoms with E-state index < -0.39 is 23.0 Å². The molecule has 3 aromatic carbocycles. The molecule has 0 saturated heterocycles. The van der Waals surface area contributed by atoms with E-state index in [2.05, 4.69) is 10.2 Å². The van der Waals surface area contributed by atoms with Gasteiger partial charge < -0.3 is 24.3 Å². The Morgan fingerprint density at radius 3 is 2.40 bits per heavy atom. The molecule has 0 aliphatic rings. The van der Waals surface area contributed by atoms with Gasteiger partial charge in [0.2, 0.25) is 0 Å². The van der Waals surface area contributed by atoms with Crippen LogP contribution in [0.2, 0.25) is 0 Å². The Labute approximate surface area is 244 Å². The molecular weight excluding hydrogens is 564 g/mol. The van der Waals surface area contributed by atoms with Crippen LogP contribution >= 0.6 is 11.3 Å². The van der Waals surface area contributed by atoms with E-state index in [1.165, 1.54) is 49.8 Å². The topological polar surface area (TPSA) is 107 Å². The molecule has 2 N–H and O–H groups in total. The Morgan fingerprint density at radius 1 is 1.02 bits per heavy atom. The SMILES string of the molecule is COc1cc(-n2c(C(C)(C)CCc3nnc(C)s3)c(-c3ccc(C(=O)O)c(OC)c3)c3c(O)cc(F)cc32)ccc1F. The van der Waals surface area contributed by atoms with Gasteiger partial charge in [-0.3, -0.25) is 0 Å². The lowest BCUT2D eigenvalue weighted by atomic mass is 9.80. The van der Waals surface area contributed by atoms with Gasteiger partial charge in [0, 0.05) is 40.9 Å². The summed E-state index contributed by atoms with van der Waals surface area (Å²) in [6.45, 7) is 5.92. The molecule has 0 saturated carbocycles. The summed E-state index contributed by atoms with van der Waals surface area (Å²) in [4.78, 5) is 11.8. The molecule has 0 spiro atoms. The second-order valence-electron chi connectivity index (χ2n) is 10.5. The third-order valence-electron chi connectivity index (χ3n) is 7.30. The van der Waals surface area contributed by atoms with Crippen LogP contribution in [-0.4, -0.2) is 45.2 Å². The number of carboxylic acid groups (broad SMARTS) is 1. The Morgan fingerprint density at radius 2 is 1.76 bits per heavy atom. The first-order valence-electron chi connectivity index (χ1n) is 13.1. The number of carbonyl (C=O) groups is 1. The predicted octanol–water partition coefficient (Wildman–Crippen LogP) is 7.07. The summed E-state index contributed by atoms with van der Waals surface area (Å²) in [6, 6.07) is 11.3. The summed E-state index contributed by atoms with van der Waals surface area (Å²) in [5.41, 5.74) is 1.92. The standard InChI is InChI=1S/C31H29F2N3O5S/c1-16-34-35-26(42-16)10-11-31(2,3)29-27(17-6-8-20(30(38)39)24(12-17)40-4)28-22(13-18(32)14-23(28)37)36(29)19-7-9-21(33)25(15-19)41-5/h6-9,12-15,37H,10-11H2,1-5H3,(H,38,39). The van der Waals surface area contributed by atoms with Crippen LogP contribution in [0.15, 0.2) is 48.5 Å². The quantitative estimate of drug-likeness (QED) is 0.188. The van der Waals surface area contributed by atoms with Gasteiger partial charge in [-0.25, -0.2) is 13.6 Å². The van der Waals surface area contributed by atoms with Crippen LogP contribution in [0.4, 0.5) is 8.78 Å². The van der Waals surface area contributed by atoms with Crippen molar-refractivity contribution in [3.63, 3.8) is 0 Å². The Hall–Kier alpha value is -4.51. The van der Waals surface area contributed by atoms with E-state index in [-0.39, 0.29) is 22.8 Å². The molecule has 2 heterocycles. The van der Waals surface area contributed by atoms with Gasteiger partial charge in [0.05, 0.1) is 25.1 Å². The number of halogens is 2. The lowest BCUT2D eigenvalue weighted by Crippen LogP contribution is -2.23. The van der Waals surface area contributed by atoms with Gasteiger partial charge in [0.1, 0.15) is 32.9 Å². The summed E-state index contributed by atoms with van der Waals surface area (Å²) < 4.78 is 41.9. The Balaban J connectivity index is 1.88. The average Bonchev–Trinajstić information content (AvgIpc) is 3.53. The molecule has 5 aromatic rings. The summed E-state index contributed by atoms with van der Waals surface area (Å²) >= 11 is 1.50. The third-order valence-corrected chi connectivity index (χ3v) is 8.20. The summed E-state index contributed by atoms with van der Waals surface area (Å²) in [7, 11) is 2.74. The minimum Gasteiger partial charge on any atom is -0.507 e. The van der Waals surface area contributed by atoms with Gasteiger partial charge in [-0.2, -0.15) is 0 Å². The van der Waals surface area contributed by atoms with Gasteiger partial charge >= 0.3 is 5.97 Å². The lowest BCUT2D eigenvalue weighted by Gasteiger charge is -2.29. The molecule has 8 nitrogen and oxygen atoms in total. The number of carboxylic acids is 1. The van der Waals surface area contributed by atoms with Crippen LogP contribution in [-0.2, 0) is 11.8 Å². The van der Waals surface area contributed by atoms with E-state index >= 15 is 0 Å². The van der Waals surface area contributed by atoms with Crippen molar-refractivity contribution in [1.82, 2.24) is 14.8 Å². The smallest absolute Gasteiger partial charge is 0.339 e. The highest BCUT2D eigenvalue weighted by molar-refractivity contribution is 7.11. The van der Waals surface area contributed by atoms with Crippen molar-refractivity contribution in [2.24, 2.45) is 0 Å². The third kappa shape index (κ3) is 5.16. The molecule has 0 aliphatic carbocycles. The van der Waals surface area contributed by atoms with Crippen LogP contribution in [0.5, 0.6) is 17.2 Å². The number of aromatic hydroxyl groups is 1. The fourth-order valence-electron chi connectivity index (χ4n) is 5.34. The van der Waals surface area contributed by atoms with E-state index in [1.807, 2.05) is 20.8 Å². The number of rotatable bonds is 9. The molecule has 0 amide bonds. The number of benzene rings is 3. The van der Waals surface area contributed by atoms with E-state index in [9.17, 15) is 23.8 Å². The van der Waals surface area contributed by atoms with Crippen molar-refractivity contribution < 1.29 is 33.3 Å². The molecule has 0 unspecified atom stereocenters. The number of hydrogen-bond donors (Lipinski definition) is 2. The number of ether oxygens (including phenoxy) is 2. The van der Waals surface area contributed by atoms with Crippen molar-refractivity contribution >= 4 is 28.2 Å². The van der Waals surface area contributed by atoms with Gasteiger partial charge in [0.25, 0.3) is 0 Å². The molecular formula is C31H29F2N3O5S. The average molecular weight is 594 g/mol. The zero-order valence-corrected chi connectivity index (χ0v) is 24.5. The Bertz CT molecular complexity index is 1830. The number of aryl methyl sites for hydroxylation is 2. The molecule has 11 heteroatoms. The predicted molar refractivity (Wildman–Crippen MR) is 156 cm³/mol. The highest BCUT2D eigenvalue weighted by Gasteiger charge is 2.34. The first-order valence-corrected chi connectivity index (χ1v) is 13.9. The highest BCUT2D eigenvalue weighted by atomic mass is 32.1. The maximum Gasteiger partial charge on any atom is 0.339 e. The van der Waals surface area contributed by atoms with Crippen molar-refractivity contribution in [3.05, 3.63) is 81.4 Å². The molecule has 0 fully saturated rings. The van der Waals surface area contributed by atoms with Gasteiger partial charge in [-0.15, -0.1) is 21.5 Å². The van der Waals surface area contributed by atoms with Gasteiger partial charge in [0.15, 0.2) is 11.6 Å². The molecule has 2 aromatic heterocycles. The van der Waals surface area contributed by atoms with Crippen LogP contribution in [0.25, 0.3) is 27.7 Å². The normalized spacial score (nSPS) is 11.7. The lowest BCUT2D eigenvalue weighted by molar-refractivity contribution is 0.0693. The number of fused-ring (bicyclic) bond motifs is 1. The van der Waals surface area contributed by atoms with Crippen molar-refractivity contribution in [1.29, 1.82) is 0 Å². The molecule has 0 atom stereocenters. The van der Waals surface area contributed by atoms with Crippen molar-refractivity contribution in [2.45, 2.75) is 39.0 Å². The Kier molecular flexibility index (Phi) is 7.63. The number of aromatic nitrogens is 3.